The Labute approximate surface area is 214 Å². The van der Waals surface area contributed by atoms with Crippen molar-refractivity contribution in [1.29, 1.82) is 0 Å². The first kappa shape index (κ1) is 25.1. The molecule has 6 nitrogen and oxygen atoms in total. The Morgan fingerprint density at radius 2 is 1.75 bits per heavy atom. The van der Waals surface area contributed by atoms with Gasteiger partial charge in [-0.3, -0.25) is 14.6 Å². The third kappa shape index (κ3) is 5.98. The molecule has 2 atom stereocenters. The summed E-state index contributed by atoms with van der Waals surface area (Å²) < 4.78 is 3.05. The normalized spacial score (nSPS) is 12.4. The lowest BCUT2D eigenvalue weighted by Crippen LogP contribution is -2.37. The van der Waals surface area contributed by atoms with Crippen molar-refractivity contribution in [3.8, 4) is 23.1 Å². The Hall–Kier alpha value is -3.99. The first-order valence-corrected chi connectivity index (χ1v) is 12.4. The Morgan fingerprint density at radius 3 is 2.36 bits per heavy atom. The molecule has 0 amide bonds. The maximum atomic E-state index is 11.5. The standard InChI is InChI=1S/C29H25N3O3S/c1-3-19(2)28(29(34)35)32-36-24-12-8-21(9-13-24)5-4-20-6-10-22(11-7-20)27-16-23(18-33)25-17-30-15-14-26(25)31-27/h6-19,28,32H,3H2,1-2H3,(H,34,35). The minimum atomic E-state index is -0.844. The SMILES string of the molecule is CCC(C)C(NSc1ccc(C#Cc2ccc(-c3cc(C=O)c4cnccc4n3)cc2)cc1)C(=O)O. The Kier molecular flexibility index (Phi) is 8.11. The number of hydrogen-bond donors (Lipinski definition) is 2. The number of carbonyl (C=O) groups is 2. The third-order valence-electron chi connectivity index (χ3n) is 5.94. The van der Waals surface area contributed by atoms with Crippen molar-refractivity contribution in [3.63, 3.8) is 0 Å². The fourth-order valence-corrected chi connectivity index (χ4v) is 4.46. The first-order valence-electron chi connectivity index (χ1n) is 11.6. The largest absolute Gasteiger partial charge is 0.480 e. The van der Waals surface area contributed by atoms with Crippen LogP contribution in [-0.2, 0) is 4.79 Å². The number of carbonyl (C=O) groups excluding carboxylic acids is 1. The molecule has 2 unspecified atom stereocenters. The van der Waals surface area contributed by atoms with Gasteiger partial charge >= 0.3 is 5.97 Å². The van der Waals surface area contributed by atoms with Gasteiger partial charge < -0.3 is 5.11 Å². The maximum absolute atomic E-state index is 11.5. The molecule has 0 aliphatic heterocycles. The molecule has 0 aliphatic rings. The predicted octanol–water partition coefficient (Wildman–Crippen LogP) is 5.61. The van der Waals surface area contributed by atoms with Crippen molar-refractivity contribution in [2.45, 2.75) is 31.2 Å². The molecule has 0 spiro atoms. The van der Waals surface area contributed by atoms with Crippen LogP contribution in [0.15, 0.2) is 78.0 Å². The summed E-state index contributed by atoms with van der Waals surface area (Å²) in [4.78, 5) is 32.7. The Bertz CT molecular complexity index is 1440. The summed E-state index contributed by atoms with van der Waals surface area (Å²) in [6.45, 7) is 3.91. The van der Waals surface area contributed by atoms with Gasteiger partial charge in [-0.05, 0) is 66.4 Å². The van der Waals surface area contributed by atoms with Crippen LogP contribution in [0.2, 0.25) is 0 Å². The van der Waals surface area contributed by atoms with E-state index in [1.54, 1.807) is 24.5 Å². The fourth-order valence-electron chi connectivity index (χ4n) is 3.59. The van der Waals surface area contributed by atoms with Gasteiger partial charge in [-0.25, -0.2) is 9.71 Å². The van der Waals surface area contributed by atoms with Crippen LogP contribution in [0.25, 0.3) is 22.2 Å². The maximum Gasteiger partial charge on any atom is 0.321 e. The molecule has 180 valence electrons. The summed E-state index contributed by atoms with van der Waals surface area (Å²) in [5.41, 5.74) is 4.62. The van der Waals surface area contributed by atoms with Crippen molar-refractivity contribution in [3.05, 3.63) is 89.7 Å². The van der Waals surface area contributed by atoms with Gasteiger partial charge in [-0.1, -0.05) is 44.2 Å². The van der Waals surface area contributed by atoms with Crippen LogP contribution in [0, 0.1) is 17.8 Å². The number of hydrogen-bond acceptors (Lipinski definition) is 6. The van der Waals surface area contributed by atoms with Gasteiger partial charge in [-0.15, -0.1) is 0 Å². The molecule has 0 radical (unpaired) electrons. The summed E-state index contributed by atoms with van der Waals surface area (Å²) in [7, 11) is 0. The molecule has 4 rings (SSSR count). The zero-order chi connectivity index (χ0) is 25.5. The average Bonchev–Trinajstić information content (AvgIpc) is 2.92. The van der Waals surface area contributed by atoms with Gasteiger partial charge in [0.25, 0.3) is 0 Å². The second-order valence-electron chi connectivity index (χ2n) is 8.38. The second-order valence-corrected chi connectivity index (χ2v) is 9.29. The van der Waals surface area contributed by atoms with Crippen LogP contribution in [-0.4, -0.2) is 33.4 Å². The van der Waals surface area contributed by atoms with Crippen molar-refractivity contribution in [1.82, 2.24) is 14.7 Å². The monoisotopic (exact) mass is 495 g/mol. The summed E-state index contributed by atoms with van der Waals surface area (Å²) in [6, 6.07) is 18.4. The van der Waals surface area contributed by atoms with Crippen LogP contribution in [0.5, 0.6) is 0 Å². The molecule has 0 aliphatic carbocycles. The molecular weight excluding hydrogens is 470 g/mol. The number of fused-ring (bicyclic) bond motifs is 1. The van der Waals surface area contributed by atoms with Gasteiger partial charge in [0.15, 0.2) is 6.29 Å². The van der Waals surface area contributed by atoms with Crippen LogP contribution in [0.3, 0.4) is 0 Å². The number of pyridine rings is 2. The van der Waals surface area contributed by atoms with Crippen LogP contribution in [0.1, 0.15) is 41.8 Å². The number of carboxylic acids is 1. The zero-order valence-corrected chi connectivity index (χ0v) is 20.8. The molecule has 0 saturated heterocycles. The second kappa shape index (κ2) is 11.6. The highest BCUT2D eigenvalue weighted by molar-refractivity contribution is 7.97. The van der Waals surface area contributed by atoms with Gasteiger partial charge in [0.1, 0.15) is 6.04 Å². The molecular formula is C29H25N3O3S. The predicted molar refractivity (Wildman–Crippen MR) is 143 cm³/mol. The van der Waals surface area contributed by atoms with Gasteiger partial charge in [0.2, 0.25) is 0 Å². The van der Waals surface area contributed by atoms with Gasteiger partial charge in [0.05, 0.1) is 11.2 Å². The highest BCUT2D eigenvalue weighted by Gasteiger charge is 2.23. The summed E-state index contributed by atoms with van der Waals surface area (Å²) in [6.07, 6.45) is 4.92. The lowest BCUT2D eigenvalue weighted by atomic mass is 10.0. The number of nitrogens with zero attached hydrogens (tertiary/aromatic N) is 2. The summed E-state index contributed by atoms with van der Waals surface area (Å²) in [5.74, 6) is 5.51. The minimum Gasteiger partial charge on any atom is -0.480 e. The molecule has 0 bridgehead atoms. The van der Waals surface area contributed by atoms with E-state index in [2.05, 4.69) is 26.5 Å². The molecule has 0 saturated carbocycles. The van der Waals surface area contributed by atoms with Crippen molar-refractivity contribution in [2.75, 3.05) is 0 Å². The topological polar surface area (TPSA) is 92.2 Å². The Balaban J connectivity index is 1.44. The van der Waals surface area contributed by atoms with E-state index in [-0.39, 0.29) is 5.92 Å². The van der Waals surface area contributed by atoms with Crippen LogP contribution < -0.4 is 4.72 Å². The van der Waals surface area contributed by atoms with Crippen LogP contribution >= 0.6 is 11.9 Å². The average molecular weight is 496 g/mol. The lowest BCUT2D eigenvalue weighted by molar-refractivity contribution is -0.140. The number of aldehydes is 1. The quantitative estimate of drug-likeness (QED) is 0.187. The molecule has 0 fully saturated rings. The highest BCUT2D eigenvalue weighted by Crippen LogP contribution is 2.24. The van der Waals surface area contributed by atoms with Crippen molar-refractivity contribution >= 4 is 35.1 Å². The number of carboxylic acid groups (broad SMARTS) is 1. The number of benzene rings is 2. The molecule has 2 aromatic heterocycles. The van der Waals surface area contributed by atoms with Crippen molar-refractivity contribution < 1.29 is 14.7 Å². The first-order chi connectivity index (χ1) is 17.5. The molecule has 36 heavy (non-hydrogen) atoms. The third-order valence-corrected chi connectivity index (χ3v) is 6.82. The van der Waals surface area contributed by atoms with Gasteiger partial charge in [-0.2, -0.15) is 0 Å². The number of aromatic nitrogens is 2. The van der Waals surface area contributed by atoms with Gasteiger partial charge in [0, 0.05) is 44.9 Å². The minimum absolute atomic E-state index is 0.0351. The molecule has 4 aromatic rings. The highest BCUT2D eigenvalue weighted by atomic mass is 32.2. The number of nitrogens with one attached hydrogen (secondary N) is 1. The van der Waals surface area contributed by atoms with E-state index < -0.39 is 12.0 Å². The Morgan fingerprint density at radius 1 is 1.08 bits per heavy atom. The van der Waals surface area contributed by atoms with E-state index in [0.29, 0.717) is 5.56 Å². The van der Waals surface area contributed by atoms with E-state index in [9.17, 15) is 14.7 Å². The van der Waals surface area contributed by atoms with E-state index in [1.165, 1.54) is 11.9 Å². The van der Waals surface area contributed by atoms with E-state index >= 15 is 0 Å². The number of rotatable bonds is 8. The van der Waals surface area contributed by atoms with E-state index in [4.69, 9.17) is 0 Å². The van der Waals surface area contributed by atoms with E-state index in [1.807, 2.05) is 62.4 Å². The number of aliphatic carboxylic acids is 1. The summed E-state index contributed by atoms with van der Waals surface area (Å²) in [5, 5.41) is 10.1. The fraction of sp³-hybridized carbons (Fsp3) is 0.172. The summed E-state index contributed by atoms with van der Waals surface area (Å²) >= 11 is 1.32. The van der Waals surface area contributed by atoms with E-state index in [0.717, 1.165) is 50.9 Å². The smallest absolute Gasteiger partial charge is 0.321 e. The molecule has 7 heteroatoms. The molecule has 2 aromatic carbocycles. The van der Waals surface area contributed by atoms with Crippen molar-refractivity contribution in [2.24, 2.45) is 5.92 Å². The lowest BCUT2D eigenvalue weighted by Gasteiger charge is -2.19. The molecule has 2 N–H and O–H groups in total. The molecule has 2 heterocycles. The van der Waals surface area contributed by atoms with Crippen LogP contribution in [0.4, 0.5) is 0 Å². The zero-order valence-electron chi connectivity index (χ0n) is 19.9.